The Morgan fingerprint density at radius 3 is 2.38 bits per heavy atom. The molecule has 0 aliphatic rings. The van der Waals surface area contributed by atoms with Crippen LogP contribution in [0.1, 0.15) is 13.8 Å². The highest BCUT2D eigenvalue weighted by Gasteiger charge is 2.18. The topological polar surface area (TPSA) is 55.8 Å². The summed E-state index contributed by atoms with van der Waals surface area (Å²) in [5.41, 5.74) is 3.04. The largest absolute Gasteiger partial charge is 0.478 e. The van der Waals surface area contributed by atoms with Crippen molar-refractivity contribution in [3.63, 3.8) is 0 Å². The SMILES string of the molecule is CNN(C)C[C@@H](C(C)C)N(C)/C=C/C(=O)O. The zero-order chi connectivity index (χ0) is 12.7. The molecule has 16 heavy (non-hydrogen) atoms. The van der Waals surface area contributed by atoms with Crippen molar-refractivity contribution in [2.24, 2.45) is 5.92 Å². The minimum Gasteiger partial charge on any atom is -0.478 e. The first-order valence-corrected chi connectivity index (χ1v) is 5.40. The van der Waals surface area contributed by atoms with E-state index >= 15 is 0 Å². The Morgan fingerprint density at radius 1 is 1.44 bits per heavy atom. The van der Waals surface area contributed by atoms with Gasteiger partial charge in [0.1, 0.15) is 0 Å². The zero-order valence-electron chi connectivity index (χ0n) is 10.8. The summed E-state index contributed by atoms with van der Waals surface area (Å²) in [6.07, 6.45) is 2.77. The van der Waals surface area contributed by atoms with E-state index in [0.717, 1.165) is 12.6 Å². The van der Waals surface area contributed by atoms with Gasteiger partial charge >= 0.3 is 5.97 Å². The predicted molar refractivity (Wildman–Crippen MR) is 64.9 cm³/mol. The maximum atomic E-state index is 10.4. The number of carbonyl (C=O) groups is 1. The normalized spacial score (nSPS) is 13.7. The van der Waals surface area contributed by atoms with Crippen LogP contribution in [-0.4, -0.2) is 54.7 Å². The number of aliphatic carboxylic acids is 1. The second-order valence-electron chi connectivity index (χ2n) is 4.23. The molecule has 94 valence electrons. The van der Waals surface area contributed by atoms with Crippen LogP contribution >= 0.6 is 0 Å². The summed E-state index contributed by atoms with van der Waals surface area (Å²) in [6, 6.07) is 0.271. The van der Waals surface area contributed by atoms with Crippen LogP contribution in [-0.2, 0) is 4.79 Å². The molecule has 5 heteroatoms. The van der Waals surface area contributed by atoms with Gasteiger partial charge in [-0.15, -0.1) is 0 Å². The van der Waals surface area contributed by atoms with Gasteiger partial charge in [0.05, 0.1) is 0 Å². The number of nitrogens with zero attached hydrogens (tertiary/aromatic N) is 2. The Morgan fingerprint density at radius 2 is 2.00 bits per heavy atom. The molecular weight excluding hydrogens is 206 g/mol. The molecular formula is C11H23N3O2. The van der Waals surface area contributed by atoms with E-state index in [1.165, 1.54) is 0 Å². The molecule has 0 aliphatic heterocycles. The second-order valence-corrected chi connectivity index (χ2v) is 4.23. The molecule has 0 aromatic heterocycles. The fourth-order valence-electron chi connectivity index (χ4n) is 1.47. The van der Waals surface area contributed by atoms with Crippen LogP contribution in [0.4, 0.5) is 0 Å². The van der Waals surface area contributed by atoms with Crippen molar-refractivity contribution in [2.45, 2.75) is 19.9 Å². The van der Waals surface area contributed by atoms with Gasteiger partial charge in [0.25, 0.3) is 0 Å². The Labute approximate surface area is 97.7 Å². The lowest BCUT2D eigenvalue weighted by Crippen LogP contribution is -2.45. The maximum Gasteiger partial charge on any atom is 0.329 e. The average molecular weight is 229 g/mol. The summed E-state index contributed by atoms with van der Waals surface area (Å²) < 4.78 is 0. The maximum absolute atomic E-state index is 10.4. The summed E-state index contributed by atoms with van der Waals surface area (Å²) in [6.45, 7) is 5.08. The molecule has 0 aliphatic carbocycles. The molecule has 0 unspecified atom stereocenters. The minimum absolute atomic E-state index is 0.271. The second kappa shape index (κ2) is 7.24. The number of hydrogen-bond acceptors (Lipinski definition) is 4. The molecule has 0 radical (unpaired) electrons. The van der Waals surface area contributed by atoms with Gasteiger partial charge in [-0.05, 0) is 13.0 Å². The fraction of sp³-hybridized carbons (Fsp3) is 0.727. The van der Waals surface area contributed by atoms with Crippen LogP contribution in [0.25, 0.3) is 0 Å². The van der Waals surface area contributed by atoms with Gasteiger partial charge in [0.15, 0.2) is 0 Å². The van der Waals surface area contributed by atoms with Gasteiger partial charge in [0.2, 0.25) is 0 Å². The molecule has 0 amide bonds. The molecule has 1 atom stereocenters. The first-order valence-electron chi connectivity index (χ1n) is 5.40. The quantitative estimate of drug-likeness (QED) is 0.495. The van der Waals surface area contributed by atoms with Crippen LogP contribution < -0.4 is 5.43 Å². The van der Waals surface area contributed by atoms with Gasteiger partial charge in [-0.1, -0.05) is 13.8 Å². The third kappa shape index (κ3) is 5.72. The van der Waals surface area contributed by atoms with Crippen LogP contribution in [0.3, 0.4) is 0 Å². The van der Waals surface area contributed by atoms with Crippen molar-refractivity contribution in [2.75, 3.05) is 27.7 Å². The molecule has 0 heterocycles. The van der Waals surface area contributed by atoms with Gasteiger partial charge in [0, 0.05) is 39.0 Å². The van der Waals surface area contributed by atoms with Crippen LogP contribution in [0.5, 0.6) is 0 Å². The summed E-state index contributed by atoms with van der Waals surface area (Å²) in [4.78, 5) is 12.4. The van der Waals surface area contributed by atoms with Gasteiger partial charge in [-0.2, -0.15) is 0 Å². The van der Waals surface area contributed by atoms with Crippen LogP contribution in [0.2, 0.25) is 0 Å². The van der Waals surface area contributed by atoms with Gasteiger partial charge in [-0.3, -0.25) is 5.43 Å². The molecule has 0 spiro atoms. The lowest BCUT2D eigenvalue weighted by Gasteiger charge is -2.33. The van der Waals surface area contributed by atoms with E-state index in [1.807, 2.05) is 31.1 Å². The van der Waals surface area contributed by atoms with E-state index in [-0.39, 0.29) is 6.04 Å². The molecule has 0 bridgehead atoms. The number of rotatable bonds is 7. The molecule has 0 fully saturated rings. The minimum atomic E-state index is -0.920. The van der Waals surface area contributed by atoms with Crippen molar-refractivity contribution in [1.82, 2.24) is 15.3 Å². The van der Waals surface area contributed by atoms with E-state index < -0.39 is 5.97 Å². The van der Waals surface area contributed by atoms with Gasteiger partial charge in [-0.25, -0.2) is 9.80 Å². The lowest BCUT2D eigenvalue weighted by atomic mass is 10.0. The van der Waals surface area contributed by atoms with Crippen LogP contribution in [0, 0.1) is 5.92 Å². The smallest absolute Gasteiger partial charge is 0.329 e. The fourth-order valence-corrected chi connectivity index (χ4v) is 1.47. The van der Waals surface area contributed by atoms with E-state index in [2.05, 4.69) is 19.3 Å². The average Bonchev–Trinajstić information content (AvgIpc) is 2.21. The van der Waals surface area contributed by atoms with Crippen molar-refractivity contribution < 1.29 is 9.90 Å². The van der Waals surface area contributed by atoms with Gasteiger partial charge < -0.3 is 10.0 Å². The number of carboxylic acid groups (broad SMARTS) is 1. The highest BCUT2D eigenvalue weighted by atomic mass is 16.4. The van der Waals surface area contributed by atoms with Crippen molar-refractivity contribution >= 4 is 5.97 Å². The first-order chi connectivity index (χ1) is 7.38. The number of carboxylic acids is 1. The predicted octanol–water partition coefficient (Wildman–Crippen LogP) is 0.607. The Hall–Kier alpha value is -1.07. The number of nitrogens with one attached hydrogen (secondary N) is 1. The zero-order valence-corrected chi connectivity index (χ0v) is 10.8. The molecule has 0 aromatic carbocycles. The highest BCUT2D eigenvalue weighted by molar-refractivity contribution is 5.79. The lowest BCUT2D eigenvalue weighted by molar-refractivity contribution is -0.131. The Balaban J connectivity index is 4.46. The standard InChI is InChI=1S/C11H23N3O2/c1-9(2)10(8-14(5)12-3)13(4)7-6-11(15)16/h6-7,9-10,12H,8H2,1-5H3,(H,15,16)/b7-6+/t10-/m0/s1. The van der Waals surface area contributed by atoms with Crippen molar-refractivity contribution in [3.05, 3.63) is 12.3 Å². The van der Waals surface area contributed by atoms with Crippen LogP contribution in [0.15, 0.2) is 12.3 Å². The molecule has 0 rings (SSSR count). The number of hydrazine groups is 1. The highest BCUT2D eigenvalue weighted by Crippen LogP contribution is 2.10. The Kier molecular flexibility index (Phi) is 6.76. The first kappa shape index (κ1) is 14.9. The third-order valence-electron chi connectivity index (χ3n) is 2.59. The summed E-state index contributed by atoms with van der Waals surface area (Å²) in [5.74, 6) is -0.476. The van der Waals surface area contributed by atoms with Crippen molar-refractivity contribution in [1.29, 1.82) is 0 Å². The van der Waals surface area contributed by atoms with Crippen molar-refractivity contribution in [3.8, 4) is 0 Å². The monoisotopic (exact) mass is 229 g/mol. The molecule has 2 N–H and O–H groups in total. The summed E-state index contributed by atoms with van der Waals surface area (Å²) >= 11 is 0. The molecule has 0 saturated carbocycles. The van der Waals surface area contributed by atoms with E-state index in [4.69, 9.17) is 5.11 Å². The molecule has 0 aromatic rings. The molecule has 0 saturated heterocycles. The summed E-state index contributed by atoms with van der Waals surface area (Å²) in [7, 11) is 5.72. The Bertz CT molecular complexity index is 241. The molecule has 5 nitrogen and oxygen atoms in total. The van der Waals surface area contributed by atoms with E-state index in [0.29, 0.717) is 5.92 Å². The number of likely N-dealkylation sites (N-methyl/N-ethyl adjacent to an activating group) is 2. The number of hydrogen-bond donors (Lipinski definition) is 2. The van der Waals surface area contributed by atoms with E-state index in [1.54, 1.807) is 6.20 Å². The third-order valence-corrected chi connectivity index (χ3v) is 2.59. The van der Waals surface area contributed by atoms with E-state index in [9.17, 15) is 4.79 Å². The summed E-state index contributed by atoms with van der Waals surface area (Å²) in [5, 5.41) is 10.6.